The molecule has 2 rings (SSSR count). The molecule has 5 nitrogen and oxygen atoms in total. The molecule has 0 radical (unpaired) electrons. The smallest absolute Gasteiger partial charge is 0.243 e. The van der Waals surface area contributed by atoms with Crippen molar-refractivity contribution in [3.8, 4) is 5.88 Å². The molecule has 0 fully saturated rings. The van der Waals surface area contributed by atoms with Crippen LogP contribution < -0.4 is 4.74 Å². The quantitative estimate of drug-likeness (QED) is 0.782. The summed E-state index contributed by atoms with van der Waals surface area (Å²) in [6.45, 7) is 5.74. The van der Waals surface area contributed by atoms with Crippen LogP contribution in [-0.2, 0) is 0 Å². The Labute approximate surface area is 81.6 Å². The highest BCUT2D eigenvalue weighted by Crippen LogP contribution is 2.19. The second-order valence-corrected chi connectivity index (χ2v) is 3.34. The van der Waals surface area contributed by atoms with E-state index >= 15 is 0 Å². The summed E-state index contributed by atoms with van der Waals surface area (Å²) in [5.41, 5.74) is 1.40. The van der Waals surface area contributed by atoms with Crippen molar-refractivity contribution in [1.82, 2.24) is 19.9 Å². The average Bonchev–Trinajstić information content (AvgIpc) is 2.50. The molecule has 0 saturated carbocycles. The van der Waals surface area contributed by atoms with Gasteiger partial charge in [0.1, 0.15) is 11.3 Å². The maximum atomic E-state index is 5.54. The Balaban J connectivity index is 2.55. The van der Waals surface area contributed by atoms with E-state index in [2.05, 4.69) is 19.9 Å². The van der Waals surface area contributed by atoms with Crippen LogP contribution in [0.5, 0.6) is 5.88 Å². The Morgan fingerprint density at radius 1 is 1.36 bits per heavy atom. The van der Waals surface area contributed by atoms with Crippen LogP contribution >= 0.6 is 0 Å². The van der Waals surface area contributed by atoms with Crippen molar-refractivity contribution in [2.45, 2.75) is 26.9 Å². The summed E-state index contributed by atoms with van der Waals surface area (Å²) in [6, 6.07) is 0. The Bertz CT molecular complexity index is 449. The van der Waals surface area contributed by atoms with Gasteiger partial charge in [-0.1, -0.05) is 0 Å². The van der Waals surface area contributed by atoms with Crippen molar-refractivity contribution in [3.63, 3.8) is 0 Å². The molecule has 2 aromatic rings. The van der Waals surface area contributed by atoms with Crippen LogP contribution in [0.15, 0.2) is 6.33 Å². The minimum Gasteiger partial charge on any atom is -0.473 e. The van der Waals surface area contributed by atoms with Gasteiger partial charge in [-0.2, -0.15) is 4.98 Å². The molecule has 0 atom stereocenters. The summed E-state index contributed by atoms with van der Waals surface area (Å²) in [7, 11) is 0. The van der Waals surface area contributed by atoms with Gasteiger partial charge in [-0.3, -0.25) is 0 Å². The third kappa shape index (κ3) is 1.53. The molecule has 5 heteroatoms. The van der Waals surface area contributed by atoms with Gasteiger partial charge in [-0.15, -0.1) is 0 Å². The number of imidazole rings is 1. The highest BCUT2D eigenvalue weighted by atomic mass is 16.5. The number of ether oxygens (including phenoxy) is 1. The molecule has 74 valence electrons. The van der Waals surface area contributed by atoms with Gasteiger partial charge in [0, 0.05) is 0 Å². The zero-order chi connectivity index (χ0) is 10.1. The maximum absolute atomic E-state index is 5.54. The highest BCUT2D eigenvalue weighted by Gasteiger charge is 2.09. The van der Waals surface area contributed by atoms with Gasteiger partial charge < -0.3 is 9.72 Å². The minimum atomic E-state index is 0.0933. The van der Waals surface area contributed by atoms with Crippen LogP contribution in [0, 0.1) is 6.92 Å². The van der Waals surface area contributed by atoms with E-state index in [0.29, 0.717) is 17.4 Å². The number of rotatable bonds is 2. The van der Waals surface area contributed by atoms with E-state index in [9.17, 15) is 0 Å². The lowest BCUT2D eigenvalue weighted by Gasteiger charge is -2.08. The van der Waals surface area contributed by atoms with Gasteiger partial charge in [0.2, 0.25) is 5.88 Å². The predicted molar refractivity (Wildman–Crippen MR) is 52.2 cm³/mol. The number of aryl methyl sites for hydroxylation is 1. The molecule has 0 bridgehead atoms. The second-order valence-electron chi connectivity index (χ2n) is 3.34. The van der Waals surface area contributed by atoms with Crippen LogP contribution in [0.1, 0.15) is 19.7 Å². The van der Waals surface area contributed by atoms with Crippen molar-refractivity contribution in [2.24, 2.45) is 0 Å². The minimum absolute atomic E-state index is 0.0933. The first-order valence-electron chi connectivity index (χ1n) is 4.51. The third-order valence-electron chi connectivity index (χ3n) is 1.71. The van der Waals surface area contributed by atoms with E-state index in [1.54, 1.807) is 6.33 Å². The Morgan fingerprint density at radius 3 is 2.86 bits per heavy atom. The van der Waals surface area contributed by atoms with Gasteiger partial charge in [-0.25, -0.2) is 9.97 Å². The molecule has 0 aliphatic rings. The predicted octanol–water partition coefficient (Wildman–Crippen LogP) is 1.45. The van der Waals surface area contributed by atoms with E-state index in [1.165, 1.54) is 0 Å². The fourth-order valence-corrected chi connectivity index (χ4v) is 1.22. The summed E-state index contributed by atoms with van der Waals surface area (Å²) < 4.78 is 5.54. The normalized spacial score (nSPS) is 11.1. The average molecular weight is 192 g/mol. The fraction of sp³-hybridized carbons (Fsp3) is 0.444. The van der Waals surface area contributed by atoms with E-state index in [-0.39, 0.29) is 6.10 Å². The molecular formula is C9H12N4O. The van der Waals surface area contributed by atoms with Crippen LogP contribution in [0.2, 0.25) is 0 Å². The lowest BCUT2D eigenvalue weighted by Crippen LogP contribution is -2.08. The Hall–Kier alpha value is -1.65. The van der Waals surface area contributed by atoms with Crippen LogP contribution in [0.25, 0.3) is 11.2 Å². The molecule has 0 aliphatic heterocycles. The molecule has 1 N–H and O–H groups in total. The molecule has 0 unspecified atom stereocenters. The molecule has 0 aromatic carbocycles. The number of hydrogen-bond acceptors (Lipinski definition) is 4. The van der Waals surface area contributed by atoms with Gasteiger partial charge in [0.25, 0.3) is 0 Å². The van der Waals surface area contributed by atoms with E-state index in [1.807, 2.05) is 20.8 Å². The zero-order valence-electron chi connectivity index (χ0n) is 8.40. The lowest BCUT2D eigenvalue weighted by atomic mass is 10.4. The monoisotopic (exact) mass is 192 g/mol. The summed E-state index contributed by atoms with van der Waals surface area (Å²) in [5, 5.41) is 0. The number of H-pyrrole nitrogens is 1. The molecule has 2 aromatic heterocycles. The maximum Gasteiger partial charge on any atom is 0.243 e. The van der Waals surface area contributed by atoms with Crippen molar-refractivity contribution in [3.05, 3.63) is 12.2 Å². The third-order valence-corrected chi connectivity index (χ3v) is 1.71. The topological polar surface area (TPSA) is 63.7 Å². The highest BCUT2D eigenvalue weighted by molar-refractivity contribution is 5.75. The molecule has 0 saturated heterocycles. The summed E-state index contributed by atoms with van der Waals surface area (Å²) >= 11 is 0. The van der Waals surface area contributed by atoms with E-state index < -0.39 is 0 Å². The number of nitrogens with zero attached hydrogens (tertiary/aromatic N) is 3. The van der Waals surface area contributed by atoms with Gasteiger partial charge >= 0.3 is 0 Å². The zero-order valence-corrected chi connectivity index (χ0v) is 8.40. The van der Waals surface area contributed by atoms with Gasteiger partial charge in [-0.05, 0) is 20.8 Å². The Morgan fingerprint density at radius 2 is 2.14 bits per heavy atom. The van der Waals surface area contributed by atoms with Crippen LogP contribution in [-0.4, -0.2) is 26.0 Å². The molecule has 2 heterocycles. The second kappa shape index (κ2) is 3.25. The number of aromatic amines is 1. The van der Waals surface area contributed by atoms with Crippen molar-refractivity contribution < 1.29 is 4.74 Å². The van der Waals surface area contributed by atoms with E-state index in [0.717, 1.165) is 5.52 Å². The SMILES string of the molecule is Cc1nc(OC(C)C)c2[nH]cnc2n1. The molecule has 0 amide bonds. The van der Waals surface area contributed by atoms with E-state index in [4.69, 9.17) is 4.74 Å². The number of hydrogen-bond donors (Lipinski definition) is 1. The number of fused-ring (bicyclic) bond motifs is 1. The lowest BCUT2D eigenvalue weighted by molar-refractivity contribution is 0.235. The summed E-state index contributed by atoms with van der Waals surface area (Å²) in [6.07, 6.45) is 1.68. The van der Waals surface area contributed by atoms with Gasteiger partial charge in [0.05, 0.1) is 12.4 Å². The molecule has 14 heavy (non-hydrogen) atoms. The number of aromatic nitrogens is 4. The van der Waals surface area contributed by atoms with Gasteiger partial charge in [0.15, 0.2) is 5.65 Å². The van der Waals surface area contributed by atoms with Crippen molar-refractivity contribution >= 4 is 11.2 Å². The molecule has 0 spiro atoms. The first kappa shape index (κ1) is 8.93. The molecule has 0 aliphatic carbocycles. The summed E-state index contributed by atoms with van der Waals surface area (Å²) in [5.74, 6) is 1.24. The standard InChI is InChI=1S/C9H12N4O/c1-5(2)14-9-7-8(11-4-10-7)12-6(3)13-9/h4-5H,1-3H3,(H,10,11,12,13). The number of nitrogens with one attached hydrogen (secondary N) is 1. The largest absolute Gasteiger partial charge is 0.473 e. The summed E-state index contributed by atoms with van der Waals surface area (Å²) in [4.78, 5) is 15.4. The van der Waals surface area contributed by atoms with Crippen molar-refractivity contribution in [1.29, 1.82) is 0 Å². The first-order valence-corrected chi connectivity index (χ1v) is 4.51. The Kier molecular flexibility index (Phi) is 2.07. The molecular weight excluding hydrogens is 180 g/mol. The fourth-order valence-electron chi connectivity index (χ4n) is 1.22. The van der Waals surface area contributed by atoms with Crippen LogP contribution in [0.3, 0.4) is 0 Å². The van der Waals surface area contributed by atoms with Crippen molar-refractivity contribution in [2.75, 3.05) is 0 Å². The first-order chi connectivity index (χ1) is 6.66. The van der Waals surface area contributed by atoms with Crippen LogP contribution in [0.4, 0.5) is 0 Å².